The summed E-state index contributed by atoms with van der Waals surface area (Å²) in [4.78, 5) is 27.0. The highest BCUT2D eigenvalue weighted by atomic mass is 35.5. The molecule has 27 heavy (non-hydrogen) atoms. The SMILES string of the molecule is CCNC(=O)[C@H](CC)N(Cc1ccccc1Cl)C(=O)Cc1ccccc1F. The molecule has 2 aromatic carbocycles. The third-order valence-corrected chi connectivity index (χ3v) is 4.70. The fourth-order valence-electron chi connectivity index (χ4n) is 2.93. The average Bonchev–Trinajstić information content (AvgIpc) is 2.65. The number of nitrogens with zero attached hydrogens (tertiary/aromatic N) is 1. The van der Waals surface area contributed by atoms with Crippen molar-refractivity contribution in [1.29, 1.82) is 0 Å². The smallest absolute Gasteiger partial charge is 0.242 e. The van der Waals surface area contributed by atoms with Gasteiger partial charge in [0.15, 0.2) is 0 Å². The third kappa shape index (κ3) is 5.54. The van der Waals surface area contributed by atoms with Crippen LogP contribution in [0.3, 0.4) is 0 Å². The minimum Gasteiger partial charge on any atom is -0.355 e. The van der Waals surface area contributed by atoms with Crippen LogP contribution >= 0.6 is 11.6 Å². The lowest BCUT2D eigenvalue weighted by atomic mass is 10.1. The lowest BCUT2D eigenvalue weighted by molar-refractivity contribution is -0.140. The first-order chi connectivity index (χ1) is 13.0. The van der Waals surface area contributed by atoms with E-state index < -0.39 is 11.9 Å². The van der Waals surface area contributed by atoms with E-state index in [1.54, 1.807) is 30.3 Å². The van der Waals surface area contributed by atoms with Crippen LogP contribution in [0.1, 0.15) is 31.4 Å². The molecule has 0 saturated carbocycles. The number of halogens is 2. The van der Waals surface area contributed by atoms with Crippen molar-refractivity contribution in [3.8, 4) is 0 Å². The Morgan fingerprint density at radius 2 is 1.70 bits per heavy atom. The van der Waals surface area contributed by atoms with Gasteiger partial charge in [0.05, 0.1) is 6.42 Å². The molecule has 0 aromatic heterocycles. The van der Waals surface area contributed by atoms with Crippen molar-refractivity contribution in [1.82, 2.24) is 10.2 Å². The van der Waals surface area contributed by atoms with Crippen LogP contribution in [-0.4, -0.2) is 29.3 Å². The highest BCUT2D eigenvalue weighted by molar-refractivity contribution is 6.31. The van der Waals surface area contributed by atoms with Crippen molar-refractivity contribution in [2.45, 2.75) is 39.3 Å². The summed E-state index contributed by atoms with van der Waals surface area (Å²) in [6.45, 7) is 4.32. The maximum absolute atomic E-state index is 14.0. The Balaban J connectivity index is 2.32. The van der Waals surface area contributed by atoms with Crippen LogP contribution in [0.5, 0.6) is 0 Å². The van der Waals surface area contributed by atoms with Crippen LogP contribution < -0.4 is 5.32 Å². The van der Waals surface area contributed by atoms with E-state index in [-0.39, 0.29) is 24.8 Å². The number of amides is 2. The molecule has 0 fully saturated rings. The number of carbonyl (C=O) groups is 2. The minimum atomic E-state index is -0.652. The molecule has 2 rings (SSSR count). The highest BCUT2D eigenvalue weighted by Gasteiger charge is 2.29. The van der Waals surface area contributed by atoms with Crippen molar-refractivity contribution < 1.29 is 14.0 Å². The summed E-state index contributed by atoms with van der Waals surface area (Å²) in [6, 6.07) is 12.7. The molecule has 0 saturated heterocycles. The number of nitrogens with one attached hydrogen (secondary N) is 1. The first-order valence-electron chi connectivity index (χ1n) is 9.01. The second kappa shape index (κ2) is 10.1. The summed E-state index contributed by atoms with van der Waals surface area (Å²) in [6.07, 6.45) is 0.326. The number of hydrogen-bond donors (Lipinski definition) is 1. The van der Waals surface area contributed by atoms with Gasteiger partial charge in [-0.15, -0.1) is 0 Å². The maximum Gasteiger partial charge on any atom is 0.242 e. The molecular weight excluding hydrogens is 367 g/mol. The largest absolute Gasteiger partial charge is 0.355 e. The fraction of sp³-hybridized carbons (Fsp3) is 0.333. The van der Waals surface area contributed by atoms with Crippen molar-refractivity contribution in [2.24, 2.45) is 0 Å². The van der Waals surface area contributed by atoms with Crippen LogP contribution in [0.4, 0.5) is 4.39 Å². The Bertz CT molecular complexity index is 797. The van der Waals surface area contributed by atoms with E-state index in [0.717, 1.165) is 5.56 Å². The van der Waals surface area contributed by atoms with Gasteiger partial charge in [-0.05, 0) is 36.6 Å². The molecule has 0 bridgehead atoms. The van der Waals surface area contributed by atoms with Crippen molar-refractivity contribution in [2.75, 3.05) is 6.54 Å². The summed E-state index contributed by atoms with van der Waals surface area (Å²) >= 11 is 6.25. The molecule has 144 valence electrons. The standard InChI is InChI=1S/C21H24ClFN2O2/c1-3-19(21(27)24-4-2)25(14-16-10-5-7-11-17(16)22)20(26)13-15-9-6-8-12-18(15)23/h5-12,19H,3-4,13-14H2,1-2H3,(H,24,27)/t19-/m0/s1. The number of rotatable bonds is 8. The Hall–Kier alpha value is -2.40. The van der Waals surface area contributed by atoms with Crippen LogP contribution in [-0.2, 0) is 22.6 Å². The second-order valence-electron chi connectivity index (χ2n) is 6.20. The van der Waals surface area contributed by atoms with Crippen molar-refractivity contribution in [3.63, 3.8) is 0 Å². The van der Waals surface area contributed by atoms with Gasteiger partial charge in [0.1, 0.15) is 11.9 Å². The van der Waals surface area contributed by atoms with Gasteiger partial charge >= 0.3 is 0 Å². The zero-order chi connectivity index (χ0) is 19.8. The van der Waals surface area contributed by atoms with Gasteiger partial charge < -0.3 is 10.2 Å². The zero-order valence-corrected chi connectivity index (χ0v) is 16.3. The van der Waals surface area contributed by atoms with E-state index in [4.69, 9.17) is 11.6 Å². The Morgan fingerprint density at radius 3 is 2.30 bits per heavy atom. The number of likely N-dealkylation sites (N-methyl/N-ethyl adjacent to an activating group) is 1. The van der Waals surface area contributed by atoms with Crippen LogP contribution in [0.25, 0.3) is 0 Å². The van der Waals surface area contributed by atoms with E-state index >= 15 is 0 Å². The quantitative estimate of drug-likeness (QED) is 0.741. The maximum atomic E-state index is 14.0. The molecule has 1 atom stereocenters. The number of hydrogen-bond acceptors (Lipinski definition) is 2. The second-order valence-corrected chi connectivity index (χ2v) is 6.61. The van der Waals surface area contributed by atoms with Gasteiger partial charge in [-0.25, -0.2) is 4.39 Å². The van der Waals surface area contributed by atoms with Crippen molar-refractivity contribution >= 4 is 23.4 Å². The summed E-state index contributed by atoms with van der Waals surface area (Å²) in [5.74, 6) is -0.985. The van der Waals surface area contributed by atoms with Crippen LogP contribution in [0.2, 0.25) is 5.02 Å². The highest BCUT2D eigenvalue weighted by Crippen LogP contribution is 2.21. The topological polar surface area (TPSA) is 49.4 Å². The molecule has 0 aliphatic heterocycles. The van der Waals surface area contributed by atoms with E-state index in [1.165, 1.54) is 11.0 Å². The monoisotopic (exact) mass is 390 g/mol. The Morgan fingerprint density at radius 1 is 1.07 bits per heavy atom. The molecular formula is C21H24ClFN2O2. The van der Waals surface area contributed by atoms with E-state index in [0.29, 0.717) is 23.6 Å². The number of benzene rings is 2. The fourth-order valence-corrected chi connectivity index (χ4v) is 3.12. The molecule has 0 aliphatic carbocycles. The van der Waals surface area contributed by atoms with Gasteiger partial charge in [0.2, 0.25) is 11.8 Å². The predicted octanol–water partition coefficient (Wildman–Crippen LogP) is 3.97. The summed E-state index contributed by atoms with van der Waals surface area (Å²) in [5.41, 5.74) is 1.04. The average molecular weight is 391 g/mol. The van der Waals surface area contributed by atoms with Crippen LogP contribution in [0.15, 0.2) is 48.5 Å². The summed E-state index contributed by atoms with van der Waals surface area (Å²) in [5, 5.41) is 3.29. The predicted molar refractivity (Wildman–Crippen MR) is 105 cm³/mol. The lowest BCUT2D eigenvalue weighted by Crippen LogP contribution is -2.49. The third-order valence-electron chi connectivity index (χ3n) is 4.33. The minimum absolute atomic E-state index is 0.118. The summed E-state index contributed by atoms with van der Waals surface area (Å²) in [7, 11) is 0. The van der Waals surface area contributed by atoms with Gasteiger partial charge in [0.25, 0.3) is 0 Å². The Labute approximate surface area is 164 Å². The molecule has 0 heterocycles. The van der Waals surface area contributed by atoms with Gasteiger partial charge in [-0.1, -0.05) is 54.9 Å². The van der Waals surface area contributed by atoms with E-state index in [2.05, 4.69) is 5.32 Å². The van der Waals surface area contributed by atoms with E-state index in [9.17, 15) is 14.0 Å². The van der Waals surface area contributed by atoms with E-state index in [1.807, 2.05) is 26.0 Å². The first-order valence-corrected chi connectivity index (χ1v) is 9.39. The molecule has 1 N–H and O–H groups in total. The van der Waals surface area contributed by atoms with Crippen LogP contribution in [0, 0.1) is 5.82 Å². The lowest BCUT2D eigenvalue weighted by Gasteiger charge is -2.31. The zero-order valence-electron chi connectivity index (χ0n) is 15.5. The summed E-state index contributed by atoms with van der Waals surface area (Å²) < 4.78 is 14.0. The molecule has 4 nitrogen and oxygen atoms in total. The van der Waals surface area contributed by atoms with Gasteiger partial charge in [-0.3, -0.25) is 9.59 Å². The molecule has 0 spiro atoms. The molecule has 0 unspecified atom stereocenters. The molecule has 0 radical (unpaired) electrons. The molecule has 2 aromatic rings. The number of carbonyl (C=O) groups excluding carboxylic acids is 2. The normalized spacial score (nSPS) is 11.7. The Kier molecular flexibility index (Phi) is 7.80. The van der Waals surface area contributed by atoms with Gasteiger partial charge in [-0.2, -0.15) is 0 Å². The molecule has 0 aliphatic rings. The molecule has 2 amide bonds. The van der Waals surface area contributed by atoms with Gasteiger partial charge in [0, 0.05) is 18.1 Å². The molecule has 6 heteroatoms. The van der Waals surface area contributed by atoms with Crippen molar-refractivity contribution in [3.05, 3.63) is 70.5 Å². The first kappa shape index (κ1) is 20.9.